The smallest absolute Gasteiger partial charge is 0.334 e. The van der Waals surface area contributed by atoms with Crippen LogP contribution in [-0.2, 0) is 0 Å². The molecule has 6 nitrogen and oxygen atoms in total. The highest BCUT2D eigenvalue weighted by atomic mass is 32.1. The number of aromatic nitrogens is 2. The highest BCUT2D eigenvalue weighted by molar-refractivity contribution is 7.17. The molecule has 0 bridgehead atoms. The molecule has 0 fully saturated rings. The number of hydrogen-bond donors (Lipinski definition) is 1. The summed E-state index contributed by atoms with van der Waals surface area (Å²) in [6.07, 6.45) is 0. The minimum atomic E-state index is -0.490. The van der Waals surface area contributed by atoms with E-state index in [1.165, 1.54) is 18.4 Å². The van der Waals surface area contributed by atoms with Crippen molar-refractivity contribution in [2.75, 3.05) is 7.11 Å². The highest BCUT2D eigenvalue weighted by Gasteiger charge is 2.16. The van der Waals surface area contributed by atoms with Crippen LogP contribution in [0.25, 0.3) is 27.0 Å². The third kappa shape index (κ3) is 3.59. The maximum atomic E-state index is 13.4. The molecule has 0 amide bonds. The van der Waals surface area contributed by atoms with Crippen molar-refractivity contribution in [2.24, 2.45) is 0 Å². The number of aromatic amines is 1. The van der Waals surface area contributed by atoms with Gasteiger partial charge in [-0.1, -0.05) is 36.4 Å². The molecule has 2 heterocycles. The zero-order valence-electron chi connectivity index (χ0n) is 17.1. The third-order valence-corrected chi connectivity index (χ3v) is 5.98. The average molecular weight is 442 g/mol. The lowest BCUT2D eigenvalue weighted by molar-refractivity contribution is 0.414. The number of methoxy groups -OCH3 is 1. The summed E-state index contributed by atoms with van der Waals surface area (Å²) in [5, 5.41) is 2.35. The van der Waals surface area contributed by atoms with E-state index in [4.69, 9.17) is 9.47 Å². The number of benzene rings is 3. The maximum absolute atomic E-state index is 13.4. The Morgan fingerprint density at radius 1 is 0.844 bits per heavy atom. The lowest BCUT2D eigenvalue weighted by atomic mass is 10.1. The van der Waals surface area contributed by atoms with Crippen LogP contribution in [0.4, 0.5) is 0 Å². The summed E-state index contributed by atoms with van der Waals surface area (Å²) in [7, 11) is 1.54. The quantitative estimate of drug-likeness (QED) is 0.406. The van der Waals surface area contributed by atoms with E-state index in [9.17, 15) is 9.59 Å². The Bertz CT molecular complexity index is 1520. The van der Waals surface area contributed by atoms with Gasteiger partial charge in [0.15, 0.2) is 0 Å². The maximum Gasteiger partial charge on any atom is 0.334 e. The molecule has 158 valence electrons. The van der Waals surface area contributed by atoms with Crippen LogP contribution >= 0.6 is 11.3 Å². The molecule has 0 aliphatic carbocycles. The molecule has 0 unspecified atom stereocenters. The van der Waals surface area contributed by atoms with Crippen LogP contribution in [-0.4, -0.2) is 16.7 Å². The van der Waals surface area contributed by atoms with Crippen LogP contribution < -0.4 is 20.7 Å². The second-order valence-electron chi connectivity index (χ2n) is 7.07. The van der Waals surface area contributed by atoms with Crippen molar-refractivity contribution < 1.29 is 9.47 Å². The summed E-state index contributed by atoms with van der Waals surface area (Å²) in [5.74, 6) is 2.01. The molecule has 2 aromatic heterocycles. The largest absolute Gasteiger partial charge is 0.497 e. The summed E-state index contributed by atoms with van der Waals surface area (Å²) < 4.78 is 12.2. The van der Waals surface area contributed by atoms with Crippen molar-refractivity contribution in [1.82, 2.24) is 9.55 Å². The Hall–Kier alpha value is -4.10. The second kappa shape index (κ2) is 8.20. The topological polar surface area (TPSA) is 73.3 Å². The average Bonchev–Trinajstić information content (AvgIpc) is 3.24. The van der Waals surface area contributed by atoms with Gasteiger partial charge in [-0.25, -0.2) is 9.36 Å². The van der Waals surface area contributed by atoms with Gasteiger partial charge >= 0.3 is 5.69 Å². The van der Waals surface area contributed by atoms with Gasteiger partial charge in [0.05, 0.1) is 18.2 Å². The fourth-order valence-electron chi connectivity index (χ4n) is 3.54. The molecular formula is C25H18N2O4S. The molecule has 0 aliphatic heterocycles. The molecular weight excluding hydrogens is 424 g/mol. The minimum Gasteiger partial charge on any atom is -0.497 e. The van der Waals surface area contributed by atoms with E-state index in [0.717, 1.165) is 21.4 Å². The molecule has 1 N–H and O–H groups in total. The van der Waals surface area contributed by atoms with Gasteiger partial charge in [-0.15, -0.1) is 11.3 Å². The van der Waals surface area contributed by atoms with Crippen molar-refractivity contribution in [3.8, 4) is 34.1 Å². The fraction of sp³-hybridized carbons (Fsp3) is 0.0400. The third-order valence-electron chi connectivity index (χ3n) is 5.09. The van der Waals surface area contributed by atoms with E-state index < -0.39 is 5.69 Å². The van der Waals surface area contributed by atoms with E-state index in [-0.39, 0.29) is 5.56 Å². The van der Waals surface area contributed by atoms with Gasteiger partial charge in [0.2, 0.25) is 0 Å². The van der Waals surface area contributed by atoms with Crippen molar-refractivity contribution in [3.63, 3.8) is 0 Å². The SMILES string of the molecule is COc1cccc(-n2c(=O)[nH]c3scc(-c4ccc(Oc5ccccc5)cc4)c3c2=O)c1. The predicted molar refractivity (Wildman–Crippen MR) is 127 cm³/mol. The first kappa shape index (κ1) is 19.8. The van der Waals surface area contributed by atoms with Gasteiger partial charge in [0.25, 0.3) is 5.56 Å². The number of H-pyrrole nitrogens is 1. The zero-order valence-corrected chi connectivity index (χ0v) is 17.9. The van der Waals surface area contributed by atoms with Gasteiger partial charge < -0.3 is 9.47 Å². The molecule has 5 rings (SSSR count). The number of para-hydroxylation sites is 1. The van der Waals surface area contributed by atoms with Gasteiger partial charge in [0, 0.05) is 17.0 Å². The molecule has 0 atom stereocenters. The number of thiophene rings is 1. The van der Waals surface area contributed by atoms with Crippen LogP contribution in [0.5, 0.6) is 17.2 Å². The van der Waals surface area contributed by atoms with Crippen molar-refractivity contribution in [2.45, 2.75) is 0 Å². The molecule has 5 aromatic rings. The van der Waals surface area contributed by atoms with E-state index in [1.807, 2.05) is 60.0 Å². The number of rotatable bonds is 5. The Labute approximate surface area is 186 Å². The monoisotopic (exact) mass is 442 g/mol. The van der Waals surface area contributed by atoms with Gasteiger partial charge in [-0.2, -0.15) is 0 Å². The molecule has 0 radical (unpaired) electrons. The highest BCUT2D eigenvalue weighted by Crippen LogP contribution is 2.32. The summed E-state index contributed by atoms with van der Waals surface area (Å²) in [6.45, 7) is 0. The molecule has 7 heteroatoms. The molecule has 3 aromatic carbocycles. The first-order chi connectivity index (χ1) is 15.6. The van der Waals surface area contributed by atoms with Crippen molar-refractivity contribution >= 4 is 21.6 Å². The van der Waals surface area contributed by atoms with Crippen LogP contribution in [0.1, 0.15) is 0 Å². The first-order valence-corrected chi connectivity index (χ1v) is 10.8. The van der Waals surface area contributed by atoms with Crippen LogP contribution in [0.2, 0.25) is 0 Å². The Morgan fingerprint density at radius 2 is 1.56 bits per heavy atom. The van der Waals surface area contributed by atoms with Gasteiger partial charge in [-0.3, -0.25) is 9.78 Å². The first-order valence-electron chi connectivity index (χ1n) is 9.88. The summed E-state index contributed by atoms with van der Waals surface area (Å²) in [4.78, 5) is 29.4. The lowest BCUT2D eigenvalue weighted by Crippen LogP contribution is -2.33. The molecule has 0 saturated carbocycles. The number of hydrogen-bond acceptors (Lipinski definition) is 5. The summed E-state index contributed by atoms with van der Waals surface area (Å²) in [6, 6.07) is 23.9. The van der Waals surface area contributed by atoms with Gasteiger partial charge in [-0.05, 0) is 42.0 Å². The lowest BCUT2D eigenvalue weighted by Gasteiger charge is -2.08. The van der Waals surface area contributed by atoms with E-state index in [2.05, 4.69) is 4.98 Å². The minimum absolute atomic E-state index is 0.377. The number of fused-ring (bicyclic) bond motifs is 1. The molecule has 0 saturated heterocycles. The van der Waals surface area contributed by atoms with Crippen molar-refractivity contribution in [1.29, 1.82) is 0 Å². The molecule has 0 spiro atoms. The number of nitrogens with zero attached hydrogens (tertiary/aromatic N) is 1. The van der Waals surface area contributed by atoms with Crippen LogP contribution in [0.3, 0.4) is 0 Å². The Morgan fingerprint density at radius 3 is 2.31 bits per heavy atom. The standard InChI is InChI=1S/C25H18N2O4S/c1-30-20-9-5-6-17(14-20)27-24(28)22-21(15-32-23(22)26-25(27)29)16-10-12-19(13-11-16)31-18-7-3-2-4-8-18/h2-15H,1H3,(H,26,29). The normalized spacial score (nSPS) is 10.9. The van der Waals surface area contributed by atoms with Gasteiger partial charge in [0.1, 0.15) is 22.1 Å². The van der Waals surface area contributed by atoms with E-state index >= 15 is 0 Å². The summed E-state index contributed by atoms with van der Waals surface area (Å²) in [5.41, 5.74) is 1.20. The van der Waals surface area contributed by atoms with Crippen LogP contribution in [0, 0.1) is 0 Å². The fourth-order valence-corrected chi connectivity index (χ4v) is 4.49. The Kier molecular flexibility index (Phi) is 5.09. The van der Waals surface area contributed by atoms with Crippen molar-refractivity contribution in [3.05, 3.63) is 105 Å². The predicted octanol–water partition coefficient (Wildman–Crippen LogP) is 5.21. The zero-order chi connectivity index (χ0) is 22.1. The Balaban J connectivity index is 1.58. The number of ether oxygens (including phenoxy) is 2. The molecule has 0 aliphatic rings. The van der Waals surface area contributed by atoms with Crippen LogP contribution in [0.15, 0.2) is 93.8 Å². The van der Waals surface area contributed by atoms with E-state index in [1.54, 1.807) is 24.3 Å². The molecule has 32 heavy (non-hydrogen) atoms. The second-order valence-corrected chi connectivity index (χ2v) is 7.94. The number of nitrogens with one attached hydrogen (secondary N) is 1. The van der Waals surface area contributed by atoms with E-state index in [0.29, 0.717) is 27.4 Å². The summed E-state index contributed by atoms with van der Waals surface area (Å²) >= 11 is 1.33.